The third kappa shape index (κ3) is 5.10. The standard InChI is InChI=1S/C20H20BrN3O3/c1-12(2)23-20(26)24-16-6-3-13(4-7-16)11-22-19(25)18-10-14-9-15(21)5-8-17(14)27-18/h3-10,12H,11H2,1-2H3,(H,22,25)(H2,23,24,26). The number of rotatable bonds is 5. The fraction of sp³-hybridized carbons (Fsp3) is 0.200. The highest BCUT2D eigenvalue weighted by molar-refractivity contribution is 9.10. The molecule has 0 fully saturated rings. The fourth-order valence-electron chi connectivity index (χ4n) is 2.53. The Balaban J connectivity index is 1.57. The van der Waals surface area contributed by atoms with Gasteiger partial charge in [-0.2, -0.15) is 0 Å². The molecular formula is C20H20BrN3O3. The van der Waals surface area contributed by atoms with Crippen molar-refractivity contribution in [3.05, 3.63) is 64.3 Å². The van der Waals surface area contributed by atoms with Gasteiger partial charge in [0.2, 0.25) is 0 Å². The van der Waals surface area contributed by atoms with E-state index in [9.17, 15) is 9.59 Å². The van der Waals surface area contributed by atoms with E-state index < -0.39 is 0 Å². The molecule has 3 rings (SSSR count). The van der Waals surface area contributed by atoms with Crippen molar-refractivity contribution in [2.24, 2.45) is 0 Å². The lowest BCUT2D eigenvalue weighted by Gasteiger charge is -2.10. The zero-order valence-corrected chi connectivity index (χ0v) is 16.6. The molecular weight excluding hydrogens is 410 g/mol. The number of hydrogen-bond donors (Lipinski definition) is 3. The van der Waals surface area contributed by atoms with Crippen molar-refractivity contribution in [1.29, 1.82) is 0 Å². The first kappa shape index (κ1) is 19.0. The van der Waals surface area contributed by atoms with Crippen LogP contribution in [0.2, 0.25) is 0 Å². The van der Waals surface area contributed by atoms with Crippen LogP contribution in [0.15, 0.2) is 57.4 Å². The van der Waals surface area contributed by atoms with Crippen molar-refractivity contribution in [3.8, 4) is 0 Å². The van der Waals surface area contributed by atoms with E-state index in [4.69, 9.17) is 4.42 Å². The van der Waals surface area contributed by atoms with E-state index in [2.05, 4.69) is 31.9 Å². The van der Waals surface area contributed by atoms with Crippen LogP contribution in [-0.2, 0) is 6.54 Å². The van der Waals surface area contributed by atoms with Gasteiger partial charge in [0.25, 0.3) is 5.91 Å². The summed E-state index contributed by atoms with van der Waals surface area (Å²) in [7, 11) is 0. The summed E-state index contributed by atoms with van der Waals surface area (Å²) in [6, 6.07) is 14.4. The molecule has 1 aromatic heterocycles. The van der Waals surface area contributed by atoms with E-state index in [1.165, 1.54) is 0 Å². The molecule has 1 heterocycles. The minimum atomic E-state index is -0.277. The van der Waals surface area contributed by atoms with Crippen molar-refractivity contribution in [2.45, 2.75) is 26.4 Å². The number of hydrogen-bond acceptors (Lipinski definition) is 3. The Hall–Kier alpha value is -2.80. The second kappa shape index (κ2) is 8.26. The van der Waals surface area contributed by atoms with Gasteiger partial charge in [0.05, 0.1) is 0 Å². The van der Waals surface area contributed by atoms with Gasteiger partial charge in [-0.05, 0) is 55.8 Å². The zero-order chi connectivity index (χ0) is 19.4. The molecule has 0 saturated carbocycles. The Morgan fingerprint density at radius 2 is 1.81 bits per heavy atom. The van der Waals surface area contributed by atoms with Crippen molar-refractivity contribution in [1.82, 2.24) is 10.6 Å². The van der Waals surface area contributed by atoms with Crippen molar-refractivity contribution in [3.63, 3.8) is 0 Å². The average Bonchev–Trinajstić information content (AvgIpc) is 3.03. The predicted octanol–water partition coefficient (Wildman–Crippen LogP) is 4.66. The SMILES string of the molecule is CC(C)NC(=O)Nc1ccc(CNC(=O)c2cc3cc(Br)ccc3o2)cc1. The first-order chi connectivity index (χ1) is 12.9. The molecule has 0 radical (unpaired) electrons. The minimum absolute atomic E-state index is 0.0684. The van der Waals surface area contributed by atoms with Gasteiger partial charge >= 0.3 is 6.03 Å². The highest BCUT2D eigenvalue weighted by Crippen LogP contribution is 2.23. The molecule has 3 N–H and O–H groups in total. The Kier molecular flexibility index (Phi) is 5.81. The van der Waals surface area contributed by atoms with Crippen molar-refractivity contribution in [2.75, 3.05) is 5.32 Å². The van der Waals surface area contributed by atoms with Gasteiger partial charge < -0.3 is 20.4 Å². The number of benzene rings is 2. The molecule has 3 aromatic rings. The maximum atomic E-state index is 12.3. The summed E-state index contributed by atoms with van der Waals surface area (Å²) in [5.74, 6) is -0.00687. The van der Waals surface area contributed by atoms with Crippen LogP contribution in [0.3, 0.4) is 0 Å². The molecule has 7 heteroatoms. The van der Waals surface area contributed by atoms with Crippen LogP contribution in [-0.4, -0.2) is 18.0 Å². The van der Waals surface area contributed by atoms with Gasteiger partial charge in [0.1, 0.15) is 5.58 Å². The second-order valence-electron chi connectivity index (χ2n) is 6.43. The normalized spacial score (nSPS) is 10.8. The summed E-state index contributed by atoms with van der Waals surface area (Å²) in [5, 5.41) is 9.21. The molecule has 0 aliphatic carbocycles. The molecule has 0 aliphatic heterocycles. The van der Waals surface area contributed by atoms with E-state index in [0.717, 1.165) is 15.4 Å². The Labute approximate surface area is 165 Å². The summed E-state index contributed by atoms with van der Waals surface area (Å²) in [6.45, 7) is 4.15. The highest BCUT2D eigenvalue weighted by atomic mass is 79.9. The smallest absolute Gasteiger partial charge is 0.319 e. The number of carbonyl (C=O) groups excluding carboxylic acids is 2. The zero-order valence-electron chi connectivity index (χ0n) is 15.0. The summed E-state index contributed by atoms with van der Waals surface area (Å²) in [4.78, 5) is 24.0. The Morgan fingerprint density at radius 1 is 1.07 bits per heavy atom. The maximum Gasteiger partial charge on any atom is 0.319 e. The van der Waals surface area contributed by atoms with Crippen LogP contribution in [0.4, 0.5) is 10.5 Å². The summed E-state index contributed by atoms with van der Waals surface area (Å²) < 4.78 is 6.51. The minimum Gasteiger partial charge on any atom is -0.451 e. The van der Waals surface area contributed by atoms with E-state index in [1.807, 2.05) is 44.2 Å². The molecule has 0 aliphatic rings. The Bertz CT molecular complexity index is 964. The number of amides is 3. The number of furan rings is 1. The van der Waals surface area contributed by atoms with Crippen LogP contribution in [0.25, 0.3) is 11.0 Å². The van der Waals surface area contributed by atoms with Gasteiger partial charge in [-0.1, -0.05) is 28.1 Å². The van der Waals surface area contributed by atoms with E-state index in [-0.39, 0.29) is 23.7 Å². The third-order valence-electron chi connectivity index (χ3n) is 3.79. The molecule has 2 aromatic carbocycles. The fourth-order valence-corrected chi connectivity index (χ4v) is 2.91. The van der Waals surface area contributed by atoms with Crippen LogP contribution < -0.4 is 16.0 Å². The largest absolute Gasteiger partial charge is 0.451 e. The summed E-state index contributed by atoms with van der Waals surface area (Å²) >= 11 is 3.40. The van der Waals surface area contributed by atoms with E-state index in [1.54, 1.807) is 18.2 Å². The number of nitrogens with one attached hydrogen (secondary N) is 3. The number of carbonyl (C=O) groups is 2. The van der Waals surface area contributed by atoms with Gasteiger partial charge in [0, 0.05) is 28.1 Å². The average molecular weight is 430 g/mol. The van der Waals surface area contributed by atoms with Gasteiger partial charge in [-0.3, -0.25) is 4.79 Å². The molecule has 0 unspecified atom stereocenters. The second-order valence-corrected chi connectivity index (χ2v) is 7.34. The van der Waals surface area contributed by atoms with Crippen LogP contribution in [0.1, 0.15) is 30.0 Å². The lowest BCUT2D eigenvalue weighted by atomic mass is 10.2. The molecule has 0 spiro atoms. The number of urea groups is 1. The van der Waals surface area contributed by atoms with Crippen LogP contribution in [0, 0.1) is 0 Å². The molecule has 0 saturated heterocycles. The maximum absolute atomic E-state index is 12.3. The number of anilines is 1. The van der Waals surface area contributed by atoms with Crippen LogP contribution >= 0.6 is 15.9 Å². The third-order valence-corrected chi connectivity index (χ3v) is 4.28. The highest BCUT2D eigenvalue weighted by Gasteiger charge is 2.12. The number of halogens is 1. The van der Waals surface area contributed by atoms with E-state index >= 15 is 0 Å². The molecule has 6 nitrogen and oxygen atoms in total. The molecule has 3 amide bonds. The molecule has 0 atom stereocenters. The van der Waals surface area contributed by atoms with Crippen LogP contribution in [0.5, 0.6) is 0 Å². The van der Waals surface area contributed by atoms with Gasteiger partial charge in [0.15, 0.2) is 5.76 Å². The Morgan fingerprint density at radius 3 is 2.52 bits per heavy atom. The predicted molar refractivity (Wildman–Crippen MR) is 109 cm³/mol. The van der Waals surface area contributed by atoms with Gasteiger partial charge in [-0.25, -0.2) is 4.79 Å². The van der Waals surface area contributed by atoms with Gasteiger partial charge in [-0.15, -0.1) is 0 Å². The molecule has 27 heavy (non-hydrogen) atoms. The quantitative estimate of drug-likeness (QED) is 0.551. The summed E-state index contributed by atoms with van der Waals surface area (Å²) in [5.41, 5.74) is 2.27. The monoisotopic (exact) mass is 429 g/mol. The first-order valence-corrected chi connectivity index (χ1v) is 9.34. The number of fused-ring (bicyclic) bond motifs is 1. The first-order valence-electron chi connectivity index (χ1n) is 8.54. The lowest BCUT2D eigenvalue weighted by Crippen LogP contribution is -2.34. The van der Waals surface area contributed by atoms with Crippen molar-refractivity contribution < 1.29 is 14.0 Å². The molecule has 0 bridgehead atoms. The van der Waals surface area contributed by atoms with E-state index in [0.29, 0.717) is 17.8 Å². The summed E-state index contributed by atoms with van der Waals surface area (Å²) in [6.07, 6.45) is 0. The molecule has 140 valence electrons. The topological polar surface area (TPSA) is 83.4 Å². The van der Waals surface area contributed by atoms with Crippen molar-refractivity contribution >= 4 is 44.5 Å². The lowest BCUT2D eigenvalue weighted by molar-refractivity contribution is 0.0925.